The number of benzene rings is 1. The van der Waals surface area contributed by atoms with Crippen LogP contribution in [0.3, 0.4) is 0 Å². The summed E-state index contributed by atoms with van der Waals surface area (Å²) in [5.74, 6) is 0.941. The van der Waals surface area contributed by atoms with Crippen LogP contribution in [-0.2, 0) is 31.2 Å². The molecule has 31 heavy (non-hydrogen) atoms. The van der Waals surface area contributed by atoms with E-state index in [0.29, 0.717) is 13.0 Å². The number of rotatable bonds is 5. The Morgan fingerprint density at radius 3 is 2.94 bits per heavy atom. The van der Waals surface area contributed by atoms with E-state index in [1.54, 1.807) is 6.33 Å². The fraction of sp³-hybridized carbons (Fsp3) is 0.391. The lowest BCUT2D eigenvalue weighted by atomic mass is 10.0. The maximum atomic E-state index is 13.1. The van der Waals surface area contributed by atoms with Crippen LogP contribution < -0.4 is 0 Å². The number of hydrogen-bond donors (Lipinski definition) is 1. The van der Waals surface area contributed by atoms with Gasteiger partial charge >= 0.3 is 0 Å². The molecule has 8 nitrogen and oxygen atoms in total. The van der Waals surface area contributed by atoms with Crippen molar-refractivity contribution in [3.63, 3.8) is 0 Å². The Balaban J connectivity index is 1.35. The van der Waals surface area contributed by atoms with E-state index < -0.39 is 0 Å². The smallest absolute Gasteiger partial charge is 0.223 e. The SMILES string of the molecule is CC(C)n1cnnc1-c1nn(C)c2c1CN(C(=O)CCc1c[nH]c3ccccc13)CC2. The summed E-state index contributed by atoms with van der Waals surface area (Å²) >= 11 is 0. The van der Waals surface area contributed by atoms with Crippen LogP contribution in [0.25, 0.3) is 22.4 Å². The molecule has 8 heteroatoms. The molecule has 1 N–H and O–H groups in total. The van der Waals surface area contributed by atoms with Crippen molar-refractivity contribution in [2.24, 2.45) is 7.05 Å². The lowest BCUT2D eigenvalue weighted by molar-refractivity contribution is -0.132. The quantitative estimate of drug-likeness (QED) is 0.540. The molecular weight excluding hydrogens is 390 g/mol. The van der Waals surface area contributed by atoms with Crippen LogP contribution in [0, 0.1) is 0 Å². The number of hydrogen-bond acceptors (Lipinski definition) is 4. The van der Waals surface area contributed by atoms with E-state index in [1.165, 1.54) is 16.6 Å². The topological polar surface area (TPSA) is 84.6 Å². The summed E-state index contributed by atoms with van der Waals surface area (Å²) in [6.45, 7) is 5.48. The first-order valence-electron chi connectivity index (χ1n) is 10.8. The number of para-hydroxylation sites is 1. The van der Waals surface area contributed by atoms with Crippen LogP contribution in [0.1, 0.15) is 43.1 Å². The molecule has 0 unspecified atom stereocenters. The van der Waals surface area contributed by atoms with Gasteiger partial charge in [-0.15, -0.1) is 10.2 Å². The zero-order chi connectivity index (χ0) is 21.5. The van der Waals surface area contributed by atoms with Crippen molar-refractivity contribution in [3.05, 3.63) is 53.6 Å². The van der Waals surface area contributed by atoms with E-state index in [1.807, 2.05) is 39.5 Å². The van der Waals surface area contributed by atoms with Gasteiger partial charge in [0.05, 0.1) is 0 Å². The minimum atomic E-state index is 0.177. The van der Waals surface area contributed by atoms with Gasteiger partial charge in [0.1, 0.15) is 12.0 Å². The van der Waals surface area contributed by atoms with Gasteiger partial charge in [0.25, 0.3) is 0 Å². The molecule has 1 aliphatic rings. The van der Waals surface area contributed by atoms with Crippen LogP contribution in [0.15, 0.2) is 36.8 Å². The third-order valence-electron chi connectivity index (χ3n) is 6.22. The summed E-state index contributed by atoms with van der Waals surface area (Å²) in [6, 6.07) is 8.45. The normalized spacial score (nSPS) is 13.9. The summed E-state index contributed by atoms with van der Waals surface area (Å²) in [5.41, 5.74) is 5.39. The van der Waals surface area contributed by atoms with Gasteiger partial charge in [0.15, 0.2) is 5.82 Å². The molecule has 0 radical (unpaired) electrons. The minimum Gasteiger partial charge on any atom is -0.361 e. The number of carbonyl (C=O) groups is 1. The molecule has 3 aromatic heterocycles. The van der Waals surface area contributed by atoms with Crippen LogP contribution in [-0.4, -0.2) is 46.9 Å². The Bertz CT molecular complexity index is 1250. The number of aryl methyl sites for hydroxylation is 2. The lowest BCUT2D eigenvalue weighted by Gasteiger charge is -2.28. The van der Waals surface area contributed by atoms with Crippen molar-refractivity contribution in [2.45, 2.75) is 45.7 Å². The van der Waals surface area contributed by atoms with Crippen LogP contribution in [0.5, 0.6) is 0 Å². The molecule has 1 aliphatic heterocycles. The van der Waals surface area contributed by atoms with E-state index in [0.717, 1.165) is 42.0 Å². The summed E-state index contributed by atoms with van der Waals surface area (Å²) in [7, 11) is 1.97. The van der Waals surface area contributed by atoms with Gasteiger partial charge in [-0.05, 0) is 31.9 Å². The second-order valence-corrected chi connectivity index (χ2v) is 8.48. The standard InChI is InChI=1S/C23H27N7O/c1-15(2)30-14-25-26-23(30)22-18-13-29(11-10-20(18)28(3)27-22)21(31)9-8-16-12-24-19-7-5-4-6-17(16)19/h4-7,12,14-15,24H,8-11,13H2,1-3H3. The highest BCUT2D eigenvalue weighted by Gasteiger charge is 2.29. The molecule has 0 saturated heterocycles. The number of aromatic amines is 1. The van der Waals surface area contributed by atoms with Crippen molar-refractivity contribution in [3.8, 4) is 11.5 Å². The van der Waals surface area contributed by atoms with Gasteiger partial charge in [-0.25, -0.2) is 0 Å². The molecule has 1 aromatic carbocycles. The van der Waals surface area contributed by atoms with Gasteiger partial charge in [-0.1, -0.05) is 18.2 Å². The number of aromatic nitrogens is 6. The third-order valence-corrected chi connectivity index (χ3v) is 6.22. The second-order valence-electron chi connectivity index (χ2n) is 8.48. The Labute approximate surface area is 180 Å². The average molecular weight is 418 g/mol. The molecule has 0 saturated carbocycles. The monoisotopic (exact) mass is 417 g/mol. The Kier molecular flexibility index (Phi) is 4.84. The van der Waals surface area contributed by atoms with Crippen molar-refractivity contribution < 1.29 is 4.79 Å². The highest BCUT2D eigenvalue weighted by atomic mass is 16.2. The summed E-state index contributed by atoms with van der Waals surface area (Å²) in [4.78, 5) is 18.3. The predicted octanol–water partition coefficient (Wildman–Crippen LogP) is 3.26. The summed E-state index contributed by atoms with van der Waals surface area (Å²) in [6.07, 6.45) is 5.79. The molecule has 0 atom stereocenters. The second kappa shape index (κ2) is 7.68. The van der Waals surface area contributed by atoms with Gasteiger partial charge in [-0.2, -0.15) is 5.10 Å². The molecule has 160 valence electrons. The summed E-state index contributed by atoms with van der Waals surface area (Å²) in [5, 5.41) is 14.4. The molecule has 5 rings (SSSR count). The van der Waals surface area contributed by atoms with E-state index in [-0.39, 0.29) is 11.9 Å². The van der Waals surface area contributed by atoms with E-state index in [4.69, 9.17) is 5.10 Å². The largest absolute Gasteiger partial charge is 0.361 e. The maximum Gasteiger partial charge on any atom is 0.223 e. The number of amides is 1. The first-order chi connectivity index (χ1) is 15.0. The minimum absolute atomic E-state index is 0.177. The Hall–Kier alpha value is -3.42. The predicted molar refractivity (Wildman–Crippen MR) is 118 cm³/mol. The fourth-order valence-electron chi connectivity index (χ4n) is 4.51. The fourth-order valence-corrected chi connectivity index (χ4v) is 4.51. The zero-order valence-electron chi connectivity index (χ0n) is 18.2. The van der Waals surface area contributed by atoms with Gasteiger partial charge < -0.3 is 14.5 Å². The Morgan fingerprint density at radius 2 is 2.10 bits per heavy atom. The third kappa shape index (κ3) is 3.41. The van der Waals surface area contributed by atoms with Crippen LogP contribution in [0.2, 0.25) is 0 Å². The van der Waals surface area contributed by atoms with Crippen molar-refractivity contribution >= 4 is 16.8 Å². The Morgan fingerprint density at radius 1 is 1.26 bits per heavy atom. The number of carbonyl (C=O) groups excluding carboxylic acids is 1. The molecule has 4 heterocycles. The average Bonchev–Trinajstić information content (AvgIpc) is 3.49. The van der Waals surface area contributed by atoms with E-state index in [9.17, 15) is 4.79 Å². The maximum absolute atomic E-state index is 13.1. The van der Waals surface area contributed by atoms with Gasteiger partial charge in [-0.3, -0.25) is 9.48 Å². The first kappa shape index (κ1) is 19.5. The van der Waals surface area contributed by atoms with Crippen molar-refractivity contribution in [1.82, 2.24) is 34.4 Å². The summed E-state index contributed by atoms with van der Waals surface area (Å²) < 4.78 is 3.96. The molecule has 0 aliphatic carbocycles. The molecule has 4 aromatic rings. The molecule has 0 spiro atoms. The molecule has 1 amide bonds. The first-order valence-corrected chi connectivity index (χ1v) is 10.8. The number of nitrogens with one attached hydrogen (secondary N) is 1. The van der Waals surface area contributed by atoms with Crippen molar-refractivity contribution in [1.29, 1.82) is 0 Å². The number of fused-ring (bicyclic) bond motifs is 2. The molecule has 0 fully saturated rings. The van der Waals surface area contributed by atoms with E-state index >= 15 is 0 Å². The highest BCUT2D eigenvalue weighted by Crippen LogP contribution is 2.30. The van der Waals surface area contributed by atoms with Crippen molar-refractivity contribution in [2.75, 3.05) is 6.54 Å². The lowest BCUT2D eigenvalue weighted by Crippen LogP contribution is -2.36. The van der Waals surface area contributed by atoms with E-state index in [2.05, 4.69) is 41.2 Å². The molecular formula is C23H27N7O. The number of nitrogens with zero attached hydrogens (tertiary/aromatic N) is 6. The van der Waals surface area contributed by atoms with Crippen LogP contribution >= 0.6 is 0 Å². The molecule has 0 bridgehead atoms. The highest BCUT2D eigenvalue weighted by molar-refractivity contribution is 5.84. The number of H-pyrrole nitrogens is 1. The van der Waals surface area contributed by atoms with Gasteiger partial charge in [0, 0.05) is 67.4 Å². The van der Waals surface area contributed by atoms with Crippen LogP contribution in [0.4, 0.5) is 0 Å². The zero-order valence-corrected chi connectivity index (χ0v) is 18.2. The van der Waals surface area contributed by atoms with Gasteiger partial charge in [0.2, 0.25) is 5.91 Å².